The molecule has 2 rings (SSSR count). The van der Waals surface area contributed by atoms with Gasteiger partial charge in [-0.3, -0.25) is 4.90 Å². The fraction of sp³-hybridized carbons (Fsp3) is 0.533. The number of carbonyl (C=O) groups excluding carboxylic acids is 1. The van der Waals surface area contributed by atoms with Gasteiger partial charge in [0.15, 0.2) is 6.61 Å². The molecule has 0 aliphatic carbocycles. The molecule has 0 bridgehead atoms. The van der Waals surface area contributed by atoms with Gasteiger partial charge in [0.25, 0.3) is 0 Å². The van der Waals surface area contributed by atoms with Crippen LogP contribution in [0.1, 0.15) is 6.92 Å². The molecule has 0 saturated carbocycles. The largest absolute Gasteiger partial charge is 0.482 e. The van der Waals surface area contributed by atoms with Gasteiger partial charge in [0, 0.05) is 24.1 Å². The van der Waals surface area contributed by atoms with Crippen molar-refractivity contribution in [3.05, 3.63) is 28.7 Å². The molecular formula is C15H20BrNO4. The van der Waals surface area contributed by atoms with Crippen LogP contribution in [0.2, 0.25) is 0 Å². The molecule has 0 amide bonds. The number of hydrogen-bond acceptors (Lipinski definition) is 5. The minimum absolute atomic E-state index is 0.0743. The fourth-order valence-corrected chi connectivity index (χ4v) is 2.38. The molecule has 1 atom stereocenters. The zero-order valence-electron chi connectivity index (χ0n) is 12.1. The minimum Gasteiger partial charge on any atom is -0.482 e. The van der Waals surface area contributed by atoms with E-state index in [1.807, 2.05) is 19.1 Å². The molecule has 0 radical (unpaired) electrons. The van der Waals surface area contributed by atoms with Gasteiger partial charge in [0.2, 0.25) is 0 Å². The summed E-state index contributed by atoms with van der Waals surface area (Å²) in [5.41, 5.74) is 0. The number of morpholine rings is 1. The summed E-state index contributed by atoms with van der Waals surface area (Å²) in [6.07, 6.45) is -0.149. The van der Waals surface area contributed by atoms with Crippen LogP contribution >= 0.6 is 15.9 Å². The van der Waals surface area contributed by atoms with Crippen LogP contribution in [-0.2, 0) is 14.3 Å². The lowest BCUT2D eigenvalue weighted by atomic mass is 10.3. The highest BCUT2D eigenvalue weighted by Crippen LogP contribution is 2.16. The topological polar surface area (TPSA) is 48.0 Å². The van der Waals surface area contributed by atoms with E-state index in [0.29, 0.717) is 5.75 Å². The summed E-state index contributed by atoms with van der Waals surface area (Å²) in [6.45, 7) is 5.81. The first kappa shape index (κ1) is 16.3. The van der Waals surface area contributed by atoms with Crippen molar-refractivity contribution in [1.82, 2.24) is 4.90 Å². The van der Waals surface area contributed by atoms with Crippen LogP contribution in [0.4, 0.5) is 0 Å². The van der Waals surface area contributed by atoms with E-state index in [1.54, 1.807) is 12.1 Å². The van der Waals surface area contributed by atoms with Gasteiger partial charge in [-0.05, 0) is 31.2 Å². The molecule has 0 unspecified atom stereocenters. The summed E-state index contributed by atoms with van der Waals surface area (Å²) in [4.78, 5) is 14.0. The summed E-state index contributed by atoms with van der Waals surface area (Å²) in [6, 6.07) is 7.33. The number of ether oxygens (including phenoxy) is 3. The predicted molar refractivity (Wildman–Crippen MR) is 82.5 cm³/mol. The van der Waals surface area contributed by atoms with Crippen LogP contribution in [0.15, 0.2) is 28.7 Å². The van der Waals surface area contributed by atoms with Crippen LogP contribution in [0, 0.1) is 0 Å². The molecule has 1 fully saturated rings. The molecule has 1 saturated heterocycles. The average molecular weight is 358 g/mol. The summed E-state index contributed by atoms with van der Waals surface area (Å²) < 4.78 is 17.0. The Morgan fingerprint density at radius 3 is 2.67 bits per heavy atom. The van der Waals surface area contributed by atoms with E-state index in [4.69, 9.17) is 14.2 Å². The second-order valence-corrected chi connectivity index (χ2v) is 5.87. The Bertz CT molecular complexity index is 445. The van der Waals surface area contributed by atoms with E-state index in [-0.39, 0.29) is 18.7 Å². The van der Waals surface area contributed by atoms with E-state index in [9.17, 15) is 4.79 Å². The van der Waals surface area contributed by atoms with Gasteiger partial charge in [-0.2, -0.15) is 0 Å². The Hall–Kier alpha value is -1.11. The van der Waals surface area contributed by atoms with Gasteiger partial charge >= 0.3 is 5.97 Å². The van der Waals surface area contributed by atoms with Crippen molar-refractivity contribution < 1.29 is 19.0 Å². The molecule has 1 aliphatic rings. The first-order valence-corrected chi connectivity index (χ1v) is 7.81. The number of hydrogen-bond donors (Lipinski definition) is 0. The van der Waals surface area contributed by atoms with E-state index in [2.05, 4.69) is 20.8 Å². The highest BCUT2D eigenvalue weighted by atomic mass is 79.9. The van der Waals surface area contributed by atoms with Gasteiger partial charge < -0.3 is 14.2 Å². The first-order valence-electron chi connectivity index (χ1n) is 7.01. The molecule has 5 nitrogen and oxygen atoms in total. The van der Waals surface area contributed by atoms with Crippen LogP contribution in [0.3, 0.4) is 0 Å². The van der Waals surface area contributed by atoms with Crippen molar-refractivity contribution >= 4 is 21.9 Å². The first-order chi connectivity index (χ1) is 10.1. The predicted octanol–water partition coefficient (Wildman–Crippen LogP) is 2.09. The number of esters is 1. The highest BCUT2D eigenvalue weighted by molar-refractivity contribution is 9.10. The van der Waals surface area contributed by atoms with E-state index in [1.165, 1.54) is 0 Å². The summed E-state index contributed by atoms with van der Waals surface area (Å²) in [7, 11) is 0. The molecule has 21 heavy (non-hydrogen) atoms. The zero-order valence-corrected chi connectivity index (χ0v) is 13.7. The smallest absolute Gasteiger partial charge is 0.344 e. The molecule has 116 valence electrons. The summed E-state index contributed by atoms with van der Waals surface area (Å²) in [5.74, 6) is 0.301. The monoisotopic (exact) mass is 357 g/mol. The molecule has 1 aliphatic heterocycles. The summed E-state index contributed by atoms with van der Waals surface area (Å²) >= 11 is 3.34. The minimum atomic E-state index is -0.348. The van der Waals surface area contributed by atoms with Gasteiger partial charge in [0.1, 0.15) is 11.9 Å². The third kappa shape index (κ3) is 6.03. The van der Waals surface area contributed by atoms with Gasteiger partial charge in [-0.1, -0.05) is 15.9 Å². The van der Waals surface area contributed by atoms with Gasteiger partial charge in [0.05, 0.1) is 13.2 Å². The van der Waals surface area contributed by atoms with Crippen molar-refractivity contribution in [2.75, 3.05) is 39.5 Å². The van der Waals surface area contributed by atoms with Crippen molar-refractivity contribution in [3.8, 4) is 5.75 Å². The lowest BCUT2D eigenvalue weighted by Gasteiger charge is -2.28. The second-order valence-electron chi connectivity index (χ2n) is 4.96. The van der Waals surface area contributed by atoms with Crippen molar-refractivity contribution in [1.29, 1.82) is 0 Å². The zero-order chi connectivity index (χ0) is 15.1. The Morgan fingerprint density at radius 2 is 2.00 bits per heavy atom. The SMILES string of the molecule is C[C@@H](CN1CCOCC1)OC(=O)COc1ccc(Br)cc1. The fourth-order valence-electron chi connectivity index (χ4n) is 2.12. The Balaban J connectivity index is 1.67. The van der Waals surface area contributed by atoms with Crippen molar-refractivity contribution in [2.45, 2.75) is 13.0 Å². The highest BCUT2D eigenvalue weighted by Gasteiger charge is 2.16. The van der Waals surface area contributed by atoms with Gasteiger partial charge in [-0.15, -0.1) is 0 Å². The molecule has 0 aromatic heterocycles. The Kier molecular flexibility index (Phi) is 6.48. The van der Waals surface area contributed by atoms with Crippen molar-refractivity contribution in [3.63, 3.8) is 0 Å². The molecular weight excluding hydrogens is 338 g/mol. The normalized spacial score (nSPS) is 17.2. The maximum atomic E-state index is 11.7. The van der Waals surface area contributed by atoms with Crippen LogP contribution < -0.4 is 4.74 Å². The maximum Gasteiger partial charge on any atom is 0.344 e. The Labute approximate surface area is 133 Å². The number of halogens is 1. The molecule has 1 aromatic rings. The third-order valence-corrected chi connectivity index (χ3v) is 3.65. The lowest BCUT2D eigenvalue weighted by molar-refractivity contribution is -0.151. The van der Waals surface area contributed by atoms with Crippen molar-refractivity contribution in [2.24, 2.45) is 0 Å². The molecule has 0 N–H and O–H groups in total. The molecule has 6 heteroatoms. The number of nitrogens with zero attached hydrogens (tertiary/aromatic N) is 1. The van der Waals surface area contributed by atoms with Crippen LogP contribution in [0.5, 0.6) is 5.75 Å². The van der Waals surface area contributed by atoms with E-state index >= 15 is 0 Å². The van der Waals surface area contributed by atoms with E-state index in [0.717, 1.165) is 37.3 Å². The lowest BCUT2D eigenvalue weighted by Crippen LogP contribution is -2.41. The van der Waals surface area contributed by atoms with Crippen LogP contribution in [0.25, 0.3) is 0 Å². The van der Waals surface area contributed by atoms with E-state index < -0.39 is 0 Å². The third-order valence-electron chi connectivity index (χ3n) is 3.12. The molecule has 1 aromatic carbocycles. The summed E-state index contributed by atoms with van der Waals surface area (Å²) in [5, 5.41) is 0. The Morgan fingerprint density at radius 1 is 1.33 bits per heavy atom. The number of carbonyl (C=O) groups is 1. The van der Waals surface area contributed by atoms with Crippen LogP contribution in [-0.4, -0.2) is 56.4 Å². The number of benzene rings is 1. The second kappa shape index (κ2) is 8.36. The standard InChI is InChI=1S/C15H20BrNO4/c1-12(10-17-6-8-19-9-7-17)21-15(18)11-20-14-4-2-13(16)3-5-14/h2-5,12H,6-11H2,1H3/t12-/m0/s1. The quantitative estimate of drug-likeness (QED) is 0.729. The molecule has 0 spiro atoms. The average Bonchev–Trinajstić information content (AvgIpc) is 2.47. The maximum absolute atomic E-state index is 11.7. The molecule has 1 heterocycles. The number of rotatable bonds is 6. The van der Waals surface area contributed by atoms with Gasteiger partial charge in [-0.25, -0.2) is 4.79 Å².